The zero-order valence-corrected chi connectivity index (χ0v) is 16.2. The molecule has 1 saturated heterocycles. The third-order valence-corrected chi connectivity index (χ3v) is 4.98. The molecular weight excluding hydrogens is 338 g/mol. The van der Waals surface area contributed by atoms with E-state index in [0.29, 0.717) is 6.54 Å². The molecule has 2 aromatic rings. The van der Waals surface area contributed by atoms with E-state index in [1.165, 1.54) is 0 Å². The number of nitrogens with one attached hydrogen (secondary N) is 1. The minimum absolute atomic E-state index is 0.0142. The fourth-order valence-corrected chi connectivity index (χ4v) is 3.27. The van der Waals surface area contributed by atoms with E-state index in [1.807, 2.05) is 66.1 Å². The first-order valence-corrected chi connectivity index (χ1v) is 9.51. The topological polar surface area (TPSA) is 52.7 Å². The van der Waals surface area contributed by atoms with Crippen molar-refractivity contribution in [3.63, 3.8) is 0 Å². The summed E-state index contributed by atoms with van der Waals surface area (Å²) < 4.78 is 0. The van der Waals surface area contributed by atoms with Crippen molar-refractivity contribution < 1.29 is 9.59 Å². The van der Waals surface area contributed by atoms with Crippen molar-refractivity contribution in [2.24, 2.45) is 5.92 Å². The SMILES string of the molecule is CC(C)C(=O)Nc1ccc(N2CCCN([C@@H](C)c3ccccc3)C2=O)cc1. The van der Waals surface area contributed by atoms with Crippen LogP contribution in [0.25, 0.3) is 0 Å². The van der Waals surface area contributed by atoms with Crippen LogP contribution in [0.2, 0.25) is 0 Å². The van der Waals surface area contributed by atoms with Crippen LogP contribution in [0.1, 0.15) is 38.8 Å². The summed E-state index contributed by atoms with van der Waals surface area (Å²) in [6.07, 6.45) is 0.925. The number of nitrogens with zero attached hydrogens (tertiary/aromatic N) is 2. The lowest BCUT2D eigenvalue weighted by Crippen LogP contribution is -2.50. The van der Waals surface area contributed by atoms with Crippen LogP contribution in [-0.4, -0.2) is 29.9 Å². The number of amides is 3. The molecule has 0 aliphatic carbocycles. The van der Waals surface area contributed by atoms with Gasteiger partial charge in [-0.1, -0.05) is 44.2 Å². The van der Waals surface area contributed by atoms with Gasteiger partial charge < -0.3 is 10.2 Å². The van der Waals surface area contributed by atoms with Crippen LogP contribution in [0.3, 0.4) is 0 Å². The van der Waals surface area contributed by atoms with Crippen LogP contribution in [0.4, 0.5) is 16.2 Å². The highest BCUT2D eigenvalue weighted by molar-refractivity contribution is 5.94. The largest absolute Gasteiger partial charge is 0.326 e. The first-order chi connectivity index (χ1) is 13.0. The molecule has 0 aromatic heterocycles. The van der Waals surface area contributed by atoms with E-state index in [0.717, 1.165) is 29.9 Å². The van der Waals surface area contributed by atoms with Gasteiger partial charge in [-0.05, 0) is 43.2 Å². The predicted octanol–water partition coefficient (Wildman–Crippen LogP) is 4.67. The molecule has 0 spiro atoms. The quantitative estimate of drug-likeness (QED) is 0.837. The molecule has 2 aromatic carbocycles. The minimum Gasteiger partial charge on any atom is -0.326 e. The zero-order valence-electron chi connectivity index (χ0n) is 16.2. The molecule has 0 saturated carbocycles. The summed E-state index contributed by atoms with van der Waals surface area (Å²) in [5, 5.41) is 2.88. The lowest BCUT2D eigenvalue weighted by atomic mass is 10.1. The number of anilines is 2. The minimum atomic E-state index is -0.0682. The molecule has 27 heavy (non-hydrogen) atoms. The zero-order chi connectivity index (χ0) is 19.4. The second-order valence-electron chi connectivity index (χ2n) is 7.26. The van der Waals surface area contributed by atoms with Crippen LogP contribution in [0.15, 0.2) is 54.6 Å². The highest BCUT2D eigenvalue weighted by Crippen LogP contribution is 2.28. The maximum absolute atomic E-state index is 13.1. The molecule has 0 radical (unpaired) electrons. The molecule has 3 rings (SSSR count). The average molecular weight is 365 g/mol. The molecular formula is C22H27N3O2. The van der Waals surface area contributed by atoms with E-state index >= 15 is 0 Å². The lowest BCUT2D eigenvalue weighted by molar-refractivity contribution is -0.118. The van der Waals surface area contributed by atoms with Crippen molar-refractivity contribution in [3.8, 4) is 0 Å². The molecule has 1 aliphatic heterocycles. The van der Waals surface area contributed by atoms with E-state index in [-0.39, 0.29) is 23.9 Å². The molecule has 0 bridgehead atoms. The summed E-state index contributed by atoms with van der Waals surface area (Å²) in [5.41, 5.74) is 2.74. The molecule has 1 heterocycles. The second kappa shape index (κ2) is 8.25. The van der Waals surface area contributed by atoms with Gasteiger partial charge in [-0.3, -0.25) is 9.69 Å². The van der Waals surface area contributed by atoms with Gasteiger partial charge in [-0.15, -0.1) is 0 Å². The van der Waals surface area contributed by atoms with Gasteiger partial charge >= 0.3 is 6.03 Å². The van der Waals surface area contributed by atoms with E-state index in [1.54, 1.807) is 0 Å². The van der Waals surface area contributed by atoms with Crippen molar-refractivity contribution in [2.45, 2.75) is 33.2 Å². The number of benzene rings is 2. The Bertz CT molecular complexity index is 787. The van der Waals surface area contributed by atoms with Crippen molar-refractivity contribution in [1.29, 1.82) is 0 Å². The first-order valence-electron chi connectivity index (χ1n) is 9.51. The molecule has 5 nitrogen and oxygen atoms in total. The predicted molar refractivity (Wildman–Crippen MR) is 109 cm³/mol. The highest BCUT2D eigenvalue weighted by atomic mass is 16.2. The Balaban J connectivity index is 1.73. The molecule has 1 atom stereocenters. The van der Waals surface area contributed by atoms with Crippen molar-refractivity contribution in [1.82, 2.24) is 4.90 Å². The van der Waals surface area contributed by atoms with Gasteiger partial charge in [0.25, 0.3) is 0 Å². The van der Waals surface area contributed by atoms with Gasteiger partial charge in [0.2, 0.25) is 5.91 Å². The summed E-state index contributed by atoms with van der Waals surface area (Å²) in [7, 11) is 0. The first kappa shape index (κ1) is 19.0. The molecule has 142 valence electrons. The van der Waals surface area contributed by atoms with Gasteiger partial charge in [0.15, 0.2) is 0 Å². The summed E-state index contributed by atoms with van der Waals surface area (Å²) in [6, 6.07) is 17.7. The third-order valence-electron chi connectivity index (χ3n) is 4.98. The number of urea groups is 1. The Labute approximate surface area is 161 Å². The smallest absolute Gasteiger partial charge is 0.324 e. The van der Waals surface area contributed by atoms with E-state index in [2.05, 4.69) is 24.4 Å². The normalized spacial score (nSPS) is 15.8. The number of rotatable bonds is 5. The van der Waals surface area contributed by atoms with Gasteiger partial charge in [0.05, 0.1) is 6.04 Å². The Kier molecular flexibility index (Phi) is 5.79. The third kappa shape index (κ3) is 4.30. The van der Waals surface area contributed by atoms with Crippen LogP contribution in [-0.2, 0) is 4.79 Å². The monoisotopic (exact) mass is 365 g/mol. The molecule has 5 heteroatoms. The summed E-state index contributed by atoms with van der Waals surface area (Å²) in [4.78, 5) is 28.6. The Hall–Kier alpha value is -2.82. The summed E-state index contributed by atoms with van der Waals surface area (Å²) in [5.74, 6) is -0.0824. The number of carbonyl (C=O) groups is 2. The standard InChI is InChI=1S/C22H27N3O2/c1-16(2)21(26)23-19-10-12-20(13-11-19)25-15-7-14-24(22(25)27)17(3)18-8-5-4-6-9-18/h4-6,8-13,16-17H,7,14-15H2,1-3H3,(H,23,26)/t17-/m0/s1. The van der Waals surface area contributed by atoms with Crippen molar-refractivity contribution in [3.05, 3.63) is 60.2 Å². The number of hydrogen-bond acceptors (Lipinski definition) is 2. The fraction of sp³-hybridized carbons (Fsp3) is 0.364. The van der Waals surface area contributed by atoms with Gasteiger partial charge in [0.1, 0.15) is 0 Å². The molecule has 1 fully saturated rings. The average Bonchev–Trinajstić information content (AvgIpc) is 2.69. The van der Waals surface area contributed by atoms with Crippen LogP contribution >= 0.6 is 0 Å². The molecule has 3 amide bonds. The Morgan fingerprint density at radius 1 is 0.963 bits per heavy atom. The highest BCUT2D eigenvalue weighted by Gasteiger charge is 2.30. The van der Waals surface area contributed by atoms with E-state index in [9.17, 15) is 9.59 Å². The summed E-state index contributed by atoms with van der Waals surface area (Å²) in [6.45, 7) is 7.25. The van der Waals surface area contributed by atoms with Gasteiger partial charge in [-0.25, -0.2) is 4.79 Å². The van der Waals surface area contributed by atoms with E-state index in [4.69, 9.17) is 0 Å². The number of carbonyl (C=O) groups excluding carboxylic acids is 2. The lowest BCUT2D eigenvalue weighted by Gasteiger charge is -2.39. The number of hydrogen-bond donors (Lipinski definition) is 1. The van der Waals surface area contributed by atoms with Crippen LogP contribution < -0.4 is 10.2 Å². The van der Waals surface area contributed by atoms with Crippen molar-refractivity contribution >= 4 is 23.3 Å². The summed E-state index contributed by atoms with van der Waals surface area (Å²) >= 11 is 0. The van der Waals surface area contributed by atoms with Crippen LogP contribution in [0.5, 0.6) is 0 Å². The maximum Gasteiger partial charge on any atom is 0.324 e. The fourth-order valence-electron chi connectivity index (χ4n) is 3.27. The Morgan fingerprint density at radius 2 is 1.63 bits per heavy atom. The molecule has 1 aliphatic rings. The van der Waals surface area contributed by atoms with Gasteiger partial charge in [-0.2, -0.15) is 0 Å². The van der Waals surface area contributed by atoms with Crippen molar-refractivity contribution in [2.75, 3.05) is 23.3 Å². The second-order valence-corrected chi connectivity index (χ2v) is 7.26. The van der Waals surface area contributed by atoms with Crippen LogP contribution in [0, 0.1) is 5.92 Å². The van der Waals surface area contributed by atoms with E-state index < -0.39 is 0 Å². The Morgan fingerprint density at radius 3 is 2.26 bits per heavy atom. The molecule has 0 unspecified atom stereocenters. The van der Waals surface area contributed by atoms with Gasteiger partial charge in [0, 0.05) is 30.4 Å². The molecule has 1 N–H and O–H groups in total. The maximum atomic E-state index is 13.1.